The molecule has 17 heavy (non-hydrogen) atoms. The maximum Gasteiger partial charge on any atom is 0.695 e. The van der Waals surface area contributed by atoms with Crippen molar-refractivity contribution in [2.45, 2.75) is 31.7 Å². The van der Waals surface area contributed by atoms with Gasteiger partial charge in [-0.05, 0) is 18.9 Å². The van der Waals surface area contributed by atoms with Crippen molar-refractivity contribution in [2.24, 2.45) is 11.0 Å². The van der Waals surface area contributed by atoms with Gasteiger partial charge >= 0.3 is 8.25 Å². The van der Waals surface area contributed by atoms with E-state index in [-0.39, 0.29) is 25.2 Å². The average Bonchev–Trinajstić information content (AvgIpc) is 2.56. The highest BCUT2D eigenvalue weighted by atomic mass is 31.1. The van der Waals surface area contributed by atoms with Crippen LogP contribution in [0.4, 0.5) is 0 Å². The molecule has 8 nitrogen and oxygen atoms in total. The average molecular weight is 264 g/mol. The van der Waals surface area contributed by atoms with Gasteiger partial charge in [-0.25, -0.2) is 0 Å². The molecule has 0 aliphatic carbocycles. The van der Waals surface area contributed by atoms with Crippen molar-refractivity contribution < 1.29 is 23.8 Å². The monoisotopic (exact) mass is 264 g/mol. The van der Waals surface area contributed by atoms with E-state index >= 15 is 0 Å². The van der Waals surface area contributed by atoms with Crippen molar-refractivity contribution in [1.29, 1.82) is 0 Å². The molecule has 1 saturated heterocycles. The summed E-state index contributed by atoms with van der Waals surface area (Å²) in [4.78, 5) is 11.4. The predicted octanol–water partition coefficient (Wildman–Crippen LogP) is 1.12. The minimum Gasteiger partial charge on any atom is -0.394 e. The normalized spacial score (nSPS) is 33.2. The highest BCUT2D eigenvalue weighted by Gasteiger charge is 2.46. The fraction of sp³-hybridized carbons (Fsp3) is 1.00. The van der Waals surface area contributed by atoms with Crippen LogP contribution in [0, 0.1) is 5.92 Å². The van der Waals surface area contributed by atoms with E-state index < -0.39 is 20.5 Å². The quantitative estimate of drug-likeness (QED) is 0.322. The lowest BCUT2D eigenvalue weighted by Gasteiger charge is -2.16. The van der Waals surface area contributed by atoms with Crippen molar-refractivity contribution in [1.82, 2.24) is 0 Å². The first kappa shape index (κ1) is 14.3. The van der Waals surface area contributed by atoms with Crippen LogP contribution in [0.5, 0.6) is 0 Å². The minimum absolute atomic E-state index is 0.201. The summed E-state index contributed by atoms with van der Waals surface area (Å²) in [5, 5.41) is 12.5. The van der Waals surface area contributed by atoms with Crippen LogP contribution in [0.3, 0.4) is 0 Å². The molecule has 1 fully saturated rings. The van der Waals surface area contributed by atoms with Crippen LogP contribution < -0.4 is 0 Å². The summed E-state index contributed by atoms with van der Waals surface area (Å²) in [6.07, 6.45) is -0.976. The number of nitrogens with zero attached hydrogens (tertiary/aromatic N) is 3. The van der Waals surface area contributed by atoms with Crippen LogP contribution in [0.15, 0.2) is 5.11 Å². The van der Waals surface area contributed by atoms with Gasteiger partial charge in [0.2, 0.25) is 0 Å². The maximum atomic E-state index is 10.7. The molecule has 0 aromatic heterocycles. The molecule has 2 N–H and O–H groups in total. The van der Waals surface area contributed by atoms with E-state index in [4.69, 9.17) is 24.8 Å². The molecular weight excluding hydrogens is 249 g/mol. The number of aliphatic hydroxyl groups is 1. The topological polar surface area (TPSA) is 125 Å². The minimum atomic E-state index is -2.72. The molecule has 1 rings (SSSR count). The Morgan fingerprint density at radius 3 is 2.88 bits per heavy atom. The maximum absolute atomic E-state index is 10.7. The van der Waals surface area contributed by atoms with Gasteiger partial charge in [0.15, 0.2) is 0 Å². The molecule has 1 heterocycles. The highest BCUT2D eigenvalue weighted by Crippen LogP contribution is 2.36. The van der Waals surface area contributed by atoms with Gasteiger partial charge < -0.3 is 9.84 Å². The number of ether oxygens (including phenoxy) is 1. The summed E-state index contributed by atoms with van der Waals surface area (Å²) >= 11 is 0. The highest BCUT2D eigenvalue weighted by molar-refractivity contribution is 7.32. The Bertz CT molecular complexity index is 322. The van der Waals surface area contributed by atoms with E-state index in [1.54, 1.807) is 6.92 Å². The van der Waals surface area contributed by atoms with Crippen molar-refractivity contribution >= 4 is 8.25 Å². The molecule has 0 spiro atoms. The third kappa shape index (κ3) is 3.89. The molecule has 0 bridgehead atoms. The van der Waals surface area contributed by atoms with E-state index in [9.17, 15) is 4.57 Å². The molecule has 96 valence electrons. The zero-order valence-corrected chi connectivity index (χ0v) is 10.2. The molecular formula is C8H15N3O5P+. The number of hydrogen-bond donors (Lipinski definition) is 2. The fourth-order valence-electron chi connectivity index (χ4n) is 2.06. The van der Waals surface area contributed by atoms with Gasteiger partial charge in [0.1, 0.15) is 6.10 Å². The van der Waals surface area contributed by atoms with Gasteiger partial charge in [0.25, 0.3) is 0 Å². The van der Waals surface area contributed by atoms with Crippen molar-refractivity contribution in [3.05, 3.63) is 10.4 Å². The van der Waals surface area contributed by atoms with Gasteiger partial charge in [0.05, 0.1) is 18.8 Å². The second kappa shape index (κ2) is 6.86. The second-order valence-corrected chi connectivity index (χ2v) is 4.46. The Kier molecular flexibility index (Phi) is 5.77. The van der Waals surface area contributed by atoms with Crippen LogP contribution in [0.25, 0.3) is 10.4 Å². The number of hydrogen-bond acceptors (Lipinski definition) is 5. The number of aliphatic hydroxyl groups excluding tert-OH is 1. The van der Waals surface area contributed by atoms with Crippen molar-refractivity contribution in [3.63, 3.8) is 0 Å². The third-order valence-corrected chi connectivity index (χ3v) is 3.19. The first-order valence-electron chi connectivity index (χ1n) is 5.20. The van der Waals surface area contributed by atoms with Crippen LogP contribution in [0.2, 0.25) is 0 Å². The molecule has 1 aliphatic heterocycles. The molecule has 1 aliphatic rings. The van der Waals surface area contributed by atoms with Gasteiger partial charge in [0, 0.05) is 21.9 Å². The largest absolute Gasteiger partial charge is 0.695 e. The van der Waals surface area contributed by atoms with Gasteiger partial charge in [-0.15, -0.1) is 9.42 Å². The molecule has 5 atom stereocenters. The number of rotatable bonds is 6. The molecule has 2 unspecified atom stereocenters. The van der Waals surface area contributed by atoms with E-state index in [0.717, 1.165) is 0 Å². The van der Waals surface area contributed by atoms with Gasteiger partial charge in [-0.1, -0.05) is 5.11 Å². The Morgan fingerprint density at radius 1 is 1.65 bits per heavy atom. The van der Waals surface area contributed by atoms with Crippen LogP contribution >= 0.6 is 8.25 Å². The Balaban J connectivity index is 2.68. The second-order valence-electron chi connectivity index (χ2n) is 3.78. The molecule has 9 heteroatoms. The summed E-state index contributed by atoms with van der Waals surface area (Å²) in [5.41, 5.74) is 8.19. The molecule has 0 amide bonds. The van der Waals surface area contributed by atoms with Crippen molar-refractivity contribution in [2.75, 3.05) is 13.2 Å². The standard InChI is InChI=1S/C8H14N3O5P/c1-5-8(16-17(13)14)6(2-3-10-11-9)7(4-12)15-5/h5-8,12H,2-4H2,1H3/p+1/t5-,6-,7+,8?/m0/s1. The lowest BCUT2D eigenvalue weighted by Crippen LogP contribution is -2.29. The fourth-order valence-corrected chi connectivity index (χ4v) is 2.60. The zero-order chi connectivity index (χ0) is 12.8. The summed E-state index contributed by atoms with van der Waals surface area (Å²) in [7, 11) is -2.72. The first-order chi connectivity index (χ1) is 8.10. The number of azide groups is 1. The predicted molar refractivity (Wildman–Crippen MR) is 58.2 cm³/mol. The van der Waals surface area contributed by atoms with E-state index in [1.165, 1.54) is 0 Å². The van der Waals surface area contributed by atoms with Crippen molar-refractivity contribution in [3.8, 4) is 0 Å². The lowest BCUT2D eigenvalue weighted by atomic mass is 9.93. The third-order valence-electron chi connectivity index (χ3n) is 2.77. The summed E-state index contributed by atoms with van der Waals surface area (Å²) in [5.74, 6) is -0.258. The molecule has 0 saturated carbocycles. The van der Waals surface area contributed by atoms with Gasteiger partial charge in [-0.3, -0.25) is 0 Å². The zero-order valence-electron chi connectivity index (χ0n) is 9.34. The summed E-state index contributed by atoms with van der Waals surface area (Å²) in [6.45, 7) is 1.74. The van der Waals surface area contributed by atoms with Gasteiger partial charge in [-0.2, -0.15) is 0 Å². The summed E-state index contributed by atoms with van der Waals surface area (Å²) < 4.78 is 21.0. The van der Waals surface area contributed by atoms with Crippen LogP contribution in [-0.4, -0.2) is 41.5 Å². The summed E-state index contributed by atoms with van der Waals surface area (Å²) in [6, 6.07) is 0. The Morgan fingerprint density at radius 2 is 2.35 bits per heavy atom. The van der Waals surface area contributed by atoms with Crippen LogP contribution in [-0.2, 0) is 13.8 Å². The first-order valence-corrected chi connectivity index (χ1v) is 6.33. The molecule has 0 aromatic rings. The Labute approximate surface area is 99.1 Å². The Hall–Kier alpha value is -0.750. The molecule has 0 aromatic carbocycles. The van der Waals surface area contributed by atoms with Crippen LogP contribution in [0.1, 0.15) is 13.3 Å². The lowest BCUT2D eigenvalue weighted by molar-refractivity contribution is -0.000532. The molecule has 0 radical (unpaired) electrons. The van der Waals surface area contributed by atoms with E-state index in [0.29, 0.717) is 6.42 Å². The smallest absolute Gasteiger partial charge is 0.394 e. The SMILES string of the molecule is C[C@@H]1O[C@H](CO)[C@H](CCN=[N+]=[N-])C1O[P+](=O)O. The van der Waals surface area contributed by atoms with E-state index in [2.05, 4.69) is 10.0 Å². The van der Waals surface area contributed by atoms with E-state index in [1.807, 2.05) is 0 Å².